The van der Waals surface area contributed by atoms with E-state index in [1.165, 1.54) is 50.9 Å². The van der Waals surface area contributed by atoms with Crippen LogP contribution in [0.15, 0.2) is 36.0 Å². The monoisotopic (exact) mass is 415 g/mol. The summed E-state index contributed by atoms with van der Waals surface area (Å²) in [6.07, 6.45) is 18.1. The number of ether oxygens (including phenoxy) is 3. The zero-order chi connectivity index (χ0) is 21.1. The van der Waals surface area contributed by atoms with Crippen LogP contribution < -0.4 is 0 Å². The van der Waals surface area contributed by atoms with Gasteiger partial charge < -0.3 is 19.1 Å². The van der Waals surface area contributed by atoms with E-state index < -0.39 is 0 Å². The van der Waals surface area contributed by atoms with Gasteiger partial charge in [0, 0.05) is 20.8 Å². The highest BCUT2D eigenvalue weighted by Gasteiger charge is 2.38. The maximum absolute atomic E-state index is 6.10. The van der Waals surface area contributed by atoms with Gasteiger partial charge in [0.1, 0.15) is 11.7 Å². The number of rotatable bonds is 6. The first-order chi connectivity index (χ1) is 14.5. The van der Waals surface area contributed by atoms with Crippen molar-refractivity contribution in [3.05, 3.63) is 36.0 Å². The number of hydrogen-bond donors (Lipinski definition) is 0. The fourth-order valence-corrected chi connectivity index (χ4v) is 6.21. The molecule has 2 aliphatic carbocycles. The molecule has 0 aromatic carbocycles. The first-order valence-electron chi connectivity index (χ1n) is 12.0. The quantitative estimate of drug-likeness (QED) is 0.592. The second-order valence-electron chi connectivity index (χ2n) is 10.0. The number of methoxy groups -OCH3 is 2. The molecule has 168 valence electrons. The van der Waals surface area contributed by atoms with E-state index in [1.807, 2.05) is 0 Å². The Hall–Kier alpha value is -0.940. The SMILES string of the molecule is COC1C=C(C2CCN(CCC3CCOC4CC=CC(C)C34)CC2)C=CC1(C)OC. The molecule has 2 fully saturated rings. The van der Waals surface area contributed by atoms with E-state index in [0.717, 1.165) is 24.9 Å². The van der Waals surface area contributed by atoms with Crippen molar-refractivity contribution in [3.8, 4) is 0 Å². The Bertz CT molecular complexity index is 663. The maximum Gasteiger partial charge on any atom is 0.113 e. The zero-order valence-corrected chi connectivity index (χ0v) is 19.4. The van der Waals surface area contributed by atoms with Crippen LogP contribution in [0.5, 0.6) is 0 Å². The maximum atomic E-state index is 6.10. The predicted molar refractivity (Wildman–Crippen MR) is 121 cm³/mol. The van der Waals surface area contributed by atoms with Gasteiger partial charge in [-0.1, -0.05) is 25.2 Å². The first kappa shape index (κ1) is 22.3. The molecule has 0 bridgehead atoms. The molecule has 6 unspecified atom stereocenters. The number of fused-ring (bicyclic) bond motifs is 1. The Kier molecular flexibility index (Phi) is 7.19. The summed E-state index contributed by atoms with van der Waals surface area (Å²) in [6, 6.07) is 0. The highest BCUT2D eigenvalue weighted by molar-refractivity contribution is 5.33. The molecule has 0 aromatic heterocycles. The number of hydrogen-bond acceptors (Lipinski definition) is 4. The Labute approximate surface area is 183 Å². The fourth-order valence-electron chi connectivity index (χ4n) is 6.21. The predicted octanol–water partition coefficient (Wildman–Crippen LogP) is 4.62. The lowest BCUT2D eigenvalue weighted by Gasteiger charge is -2.43. The minimum absolute atomic E-state index is 0.00599. The molecule has 4 rings (SSSR count). The molecule has 4 heteroatoms. The average molecular weight is 416 g/mol. The molecule has 0 aromatic rings. The third-order valence-electron chi connectivity index (χ3n) is 8.29. The standard InChI is InChI=1S/C26H41NO3/c1-19-6-5-7-23-25(19)21(12-17-30-23)11-16-27-14-9-20(10-15-27)22-8-13-26(2,29-4)24(18-22)28-3/h5-6,8,13,18-21,23-25H,7,9-12,14-17H2,1-4H3. The van der Waals surface area contributed by atoms with Crippen LogP contribution in [0.25, 0.3) is 0 Å². The lowest BCUT2D eigenvalue weighted by molar-refractivity contribution is -0.0750. The number of likely N-dealkylation sites (tertiary alicyclic amines) is 1. The molecule has 6 atom stereocenters. The Morgan fingerprint density at radius 2 is 2.00 bits per heavy atom. The van der Waals surface area contributed by atoms with Crippen LogP contribution >= 0.6 is 0 Å². The van der Waals surface area contributed by atoms with Crippen molar-refractivity contribution in [2.24, 2.45) is 23.7 Å². The van der Waals surface area contributed by atoms with Crippen LogP contribution in [0.2, 0.25) is 0 Å². The minimum atomic E-state index is -0.355. The van der Waals surface area contributed by atoms with Gasteiger partial charge in [-0.05, 0) is 100 Å². The van der Waals surface area contributed by atoms with Crippen molar-refractivity contribution in [3.63, 3.8) is 0 Å². The lowest BCUT2D eigenvalue weighted by atomic mass is 9.71. The molecule has 0 spiro atoms. The Balaban J connectivity index is 1.27. The Morgan fingerprint density at radius 1 is 1.20 bits per heavy atom. The van der Waals surface area contributed by atoms with Crippen molar-refractivity contribution in [2.45, 2.75) is 63.8 Å². The summed E-state index contributed by atoms with van der Waals surface area (Å²) < 4.78 is 17.5. The van der Waals surface area contributed by atoms with Crippen LogP contribution in [0, 0.1) is 23.7 Å². The highest BCUT2D eigenvalue weighted by Crippen LogP contribution is 2.40. The zero-order valence-electron chi connectivity index (χ0n) is 19.4. The van der Waals surface area contributed by atoms with Crippen LogP contribution in [-0.2, 0) is 14.2 Å². The van der Waals surface area contributed by atoms with E-state index in [-0.39, 0.29) is 11.7 Å². The van der Waals surface area contributed by atoms with Crippen molar-refractivity contribution < 1.29 is 14.2 Å². The van der Waals surface area contributed by atoms with Crippen LogP contribution in [0.1, 0.15) is 46.0 Å². The van der Waals surface area contributed by atoms with Gasteiger partial charge in [0.25, 0.3) is 0 Å². The first-order valence-corrected chi connectivity index (χ1v) is 12.0. The minimum Gasteiger partial charge on any atom is -0.378 e. The van der Waals surface area contributed by atoms with E-state index in [4.69, 9.17) is 14.2 Å². The summed E-state index contributed by atoms with van der Waals surface area (Å²) in [5.74, 6) is 2.85. The van der Waals surface area contributed by atoms with Crippen LogP contribution in [-0.4, -0.2) is 63.2 Å². The van der Waals surface area contributed by atoms with Gasteiger partial charge in [0.15, 0.2) is 0 Å². The van der Waals surface area contributed by atoms with Gasteiger partial charge >= 0.3 is 0 Å². The van der Waals surface area contributed by atoms with Gasteiger partial charge in [0.2, 0.25) is 0 Å². The molecular formula is C26H41NO3. The molecule has 4 aliphatic rings. The smallest absolute Gasteiger partial charge is 0.113 e. The molecular weight excluding hydrogens is 374 g/mol. The van der Waals surface area contributed by atoms with Gasteiger partial charge in [0.05, 0.1) is 6.10 Å². The molecule has 0 amide bonds. The third-order valence-corrected chi connectivity index (χ3v) is 8.29. The second-order valence-corrected chi connectivity index (χ2v) is 10.0. The largest absolute Gasteiger partial charge is 0.378 e. The van der Waals surface area contributed by atoms with Crippen molar-refractivity contribution >= 4 is 0 Å². The average Bonchev–Trinajstić information content (AvgIpc) is 2.78. The van der Waals surface area contributed by atoms with Crippen LogP contribution in [0.3, 0.4) is 0 Å². The summed E-state index contributed by atoms with van der Waals surface area (Å²) in [4.78, 5) is 2.70. The van der Waals surface area contributed by atoms with E-state index in [1.54, 1.807) is 14.2 Å². The van der Waals surface area contributed by atoms with E-state index >= 15 is 0 Å². The summed E-state index contributed by atoms with van der Waals surface area (Å²) in [7, 11) is 3.54. The number of nitrogens with zero attached hydrogens (tertiary/aromatic N) is 1. The molecule has 2 aliphatic heterocycles. The molecule has 0 radical (unpaired) electrons. The molecule has 0 N–H and O–H groups in total. The van der Waals surface area contributed by atoms with Gasteiger partial charge in [-0.3, -0.25) is 0 Å². The molecule has 2 saturated heterocycles. The molecule has 2 heterocycles. The van der Waals surface area contributed by atoms with E-state index in [0.29, 0.717) is 17.9 Å². The molecule has 4 nitrogen and oxygen atoms in total. The van der Waals surface area contributed by atoms with Gasteiger partial charge in [-0.15, -0.1) is 0 Å². The number of piperidine rings is 1. The summed E-state index contributed by atoms with van der Waals surface area (Å²) in [5, 5.41) is 0. The lowest BCUT2D eigenvalue weighted by Crippen LogP contribution is -2.43. The van der Waals surface area contributed by atoms with Crippen molar-refractivity contribution in [2.75, 3.05) is 40.5 Å². The Morgan fingerprint density at radius 3 is 2.73 bits per heavy atom. The normalized spacial score (nSPS) is 40.3. The topological polar surface area (TPSA) is 30.9 Å². The fraction of sp³-hybridized carbons (Fsp3) is 0.769. The summed E-state index contributed by atoms with van der Waals surface area (Å²) in [5.41, 5.74) is 1.08. The van der Waals surface area contributed by atoms with Crippen molar-refractivity contribution in [1.82, 2.24) is 4.90 Å². The summed E-state index contributed by atoms with van der Waals surface area (Å²) >= 11 is 0. The van der Waals surface area contributed by atoms with E-state index in [9.17, 15) is 0 Å². The highest BCUT2D eigenvalue weighted by atomic mass is 16.5. The molecule has 0 saturated carbocycles. The van der Waals surface area contributed by atoms with Crippen LogP contribution in [0.4, 0.5) is 0 Å². The van der Waals surface area contributed by atoms with Gasteiger partial charge in [-0.25, -0.2) is 0 Å². The van der Waals surface area contributed by atoms with Gasteiger partial charge in [-0.2, -0.15) is 0 Å². The van der Waals surface area contributed by atoms with Crippen molar-refractivity contribution in [1.29, 1.82) is 0 Å². The van der Waals surface area contributed by atoms with E-state index in [2.05, 4.69) is 49.1 Å². The summed E-state index contributed by atoms with van der Waals surface area (Å²) in [6.45, 7) is 9.10. The third kappa shape index (κ3) is 4.62. The number of allylic oxidation sites excluding steroid dienone is 3. The molecule has 30 heavy (non-hydrogen) atoms. The second kappa shape index (κ2) is 9.68.